The highest BCUT2D eigenvalue weighted by Gasteiger charge is 2.25. The van der Waals surface area contributed by atoms with E-state index in [1.807, 2.05) is 63.7 Å². The Morgan fingerprint density at radius 3 is 1.21 bits per heavy atom. The third kappa shape index (κ3) is 15.6. The van der Waals surface area contributed by atoms with Gasteiger partial charge in [-0.15, -0.1) is 22.7 Å². The van der Waals surface area contributed by atoms with E-state index in [0.29, 0.717) is 60.6 Å². The van der Waals surface area contributed by atoms with E-state index in [1.54, 1.807) is 22.7 Å². The first-order valence-corrected chi connectivity index (χ1v) is 33.1. The molecule has 10 heteroatoms. The number of rotatable bonds is 36. The van der Waals surface area contributed by atoms with E-state index in [-0.39, 0.29) is 11.8 Å². The van der Waals surface area contributed by atoms with Crippen LogP contribution in [0.2, 0.25) is 0 Å². The zero-order valence-electron chi connectivity index (χ0n) is 49.5. The lowest BCUT2D eigenvalue weighted by atomic mass is 10.1. The molecule has 0 amide bonds. The average Bonchev–Trinajstić information content (AvgIpc) is 3.42. The molecule has 0 N–H and O–H groups in total. The van der Waals surface area contributed by atoms with E-state index in [9.17, 15) is 0 Å². The minimum atomic E-state index is -0.178. The molecule has 0 saturated carbocycles. The molecule has 0 bridgehead atoms. The zero-order valence-corrected chi connectivity index (χ0v) is 51.1. The maximum absolute atomic E-state index is 15.8. The number of thiophene rings is 2. The van der Waals surface area contributed by atoms with Crippen LogP contribution in [0.3, 0.4) is 0 Å². The number of para-hydroxylation sites is 1. The largest absolute Gasteiger partial charge is 0.493 e. The summed E-state index contributed by atoms with van der Waals surface area (Å²) in [6.45, 7) is 11.3. The molecule has 4 heterocycles. The van der Waals surface area contributed by atoms with Gasteiger partial charge in [0.05, 0.1) is 48.5 Å². The van der Waals surface area contributed by atoms with Gasteiger partial charge in [-0.1, -0.05) is 193 Å². The Morgan fingerprint density at radius 2 is 0.756 bits per heavy atom. The predicted octanol–water partition coefficient (Wildman–Crippen LogP) is 21.7. The van der Waals surface area contributed by atoms with Crippen LogP contribution in [0, 0.1) is 0 Å². The lowest BCUT2D eigenvalue weighted by molar-refractivity contribution is 0.0960. The second-order valence-corrected chi connectivity index (χ2v) is 24.4. The number of carbonyl (C=O) groups is 2. The van der Waals surface area contributed by atoms with E-state index in [1.165, 1.54) is 112 Å². The van der Waals surface area contributed by atoms with E-state index >= 15 is 9.59 Å². The maximum atomic E-state index is 15.8. The molecule has 0 atom stereocenters. The Hall–Kier alpha value is -6.36. The molecule has 82 heavy (non-hydrogen) atoms. The van der Waals surface area contributed by atoms with Gasteiger partial charge in [-0.3, -0.25) is 18.7 Å². The van der Waals surface area contributed by atoms with Gasteiger partial charge in [-0.25, -0.2) is 0 Å². The summed E-state index contributed by atoms with van der Waals surface area (Å²) in [5, 5.41) is 5.70. The average molecular weight is 1140 g/mol. The number of ether oxygens (including phenoxy) is 4. The molecule has 5 aromatic carbocycles. The fourth-order valence-corrected chi connectivity index (χ4v) is 13.2. The number of hydrogen-bond donors (Lipinski definition) is 0. The molecule has 0 fully saturated rings. The van der Waals surface area contributed by atoms with Gasteiger partial charge in [-0.2, -0.15) is 0 Å². The predicted molar refractivity (Wildman–Crippen MR) is 347 cm³/mol. The molecule has 0 saturated heterocycles. The summed E-state index contributed by atoms with van der Waals surface area (Å²) in [6.07, 6.45) is 27.8. The minimum absolute atomic E-state index is 0.174. The molecule has 0 spiro atoms. The first-order chi connectivity index (χ1) is 40.4. The fraction of sp³-hybridized carbons (Fsp3) is 0.444. The molecule has 434 valence electrons. The van der Waals surface area contributed by atoms with E-state index in [2.05, 4.69) is 93.7 Å². The normalized spacial score (nSPS) is 11.7. The second kappa shape index (κ2) is 31.3. The van der Waals surface area contributed by atoms with Crippen molar-refractivity contribution in [3.8, 4) is 43.2 Å². The molecule has 0 radical (unpaired) electrons. The molecule has 4 aromatic heterocycles. The molecule has 0 aliphatic rings. The van der Waals surface area contributed by atoms with E-state index < -0.39 is 0 Å². The van der Waals surface area contributed by atoms with Gasteiger partial charge in [0.15, 0.2) is 0 Å². The van der Waals surface area contributed by atoms with Crippen molar-refractivity contribution in [3.05, 3.63) is 132 Å². The van der Waals surface area contributed by atoms with Gasteiger partial charge < -0.3 is 18.9 Å². The van der Waals surface area contributed by atoms with Crippen molar-refractivity contribution >= 4 is 78.1 Å². The lowest BCUT2D eigenvalue weighted by Crippen LogP contribution is -2.13. The van der Waals surface area contributed by atoms with Gasteiger partial charge in [0.25, 0.3) is 11.8 Å². The van der Waals surface area contributed by atoms with Gasteiger partial charge in [0, 0.05) is 59.4 Å². The molecular weight excluding hydrogens is 1050 g/mol. The number of unbranched alkanes of at least 4 members (excludes halogenated alkanes) is 20. The summed E-state index contributed by atoms with van der Waals surface area (Å²) in [5.41, 5.74) is 5.10. The second-order valence-electron chi connectivity index (χ2n) is 22.4. The molecular formula is C72H88N2O6S2. The van der Waals surface area contributed by atoms with Crippen molar-refractivity contribution in [2.45, 2.75) is 182 Å². The van der Waals surface area contributed by atoms with Crippen molar-refractivity contribution in [3.63, 3.8) is 0 Å². The van der Waals surface area contributed by atoms with Gasteiger partial charge in [-0.05, 0) is 103 Å². The van der Waals surface area contributed by atoms with Crippen molar-refractivity contribution in [2.75, 3.05) is 26.4 Å². The van der Waals surface area contributed by atoms with Gasteiger partial charge in [0.1, 0.15) is 23.0 Å². The third-order valence-corrected chi connectivity index (χ3v) is 18.1. The Bertz CT molecular complexity index is 3380. The van der Waals surface area contributed by atoms with Gasteiger partial charge >= 0.3 is 0 Å². The topological polar surface area (TPSA) is 80.9 Å². The fourth-order valence-electron chi connectivity index (χ4n) is 11.4. The third-order valence-electron chi connectivity index (χ3n) is 15.9. The minimum Gasteiger partial charge on any atom is -0.493 e. The summed E-state index contributed by atoms with van der Waals surface area (Å²) in [7, 11) is 0. The number of hydrogen-bond acceptors (Lipinski definition) is 8. The standard InChI is InChI=1S/C72H88N2O6S2/c1-5-9-13-17-21-27-39-77-56-44-54(45-57(49-56)78-40-28-22-18-14-10-6-2)71(75)73-64-33-26-25-32-60(64)62-51-67-63(52-66(62)73)61-36-35-53(68-37-38-70(82-68)69-34-31-43-81-69)48-65(61)74(67)72(76)55-46-58(79-41-29-23-19-15-11-7-3)50-59(47-55)80-42-30-24-20-16-12-8-4/h25-26,31-38,43-52H,5-24,27-30,39-42H2,1-4H3. The van der Waals surface area contributed by atoms with Crippen LogP contribution >= 0.6 is 22.7 Å². The molecule has 9 aromatic rings. The molecule has 9 rings (SSSR count). The molecule has 8 nitrogen and oxygen atoms in total. The number of nitrogens with zero attached hydrogens (tertiary/aromatic N) is 2. The smallest absolute Gasteiger partial charge is 0.263 e. The van der Waals surface area contributed by atoms with E-state index in [4.69, 9.17) is 18.9 Å². The highest BCUT2D eigenvalue weighted by molar-refractivity contribution is 7.23. The van der Waals surface area contributed by atoms with Crippen LogP contribution in [0.25, 0.3) is 63.8 Å². The van der Waals surface area contributed by atoms with Crippen LogP contribution in [0.1, 0.15) is 203 Å². The van der Waals surface area contributed by atoms with Crippen molar-refractivity contribution < 1.29 is 28.5 Å². The van der Waals surface area contributed by atoms with Gasteiger partial charge in [0.2, 0.25) is 0 Å². The number of benzene rings is 5. The first-order valence-electron chi connectivity index (χ1n) is 31.4. The van der Waals surface area contributed by atoms with Crippen molar-refractivity contribution in [1.29, 1.82) is 0 Å². The lowest BCUT2D eigenvalue weighted by Gasteiger charge is -2.14. The Morgan fingerprint density at radius 1 is 0.354 bits per heavy atom. The first kappa shape index (κ1) is 60.2. The number of fused-ring (bicyclic) bond motifs is 6. The number of aromatic nitrogens is 2. The quantitative estimate of drug-likeness (QED) is 0.0364. The number of carbonyl (C=O) groups excluding carboxylic acids is 2. The van der Waals surface area contributed by atoms with Crippen molar-refractivity contribution in [1.82, 2.24) is 9.13 Å². The Balaban J connectivity index is 1.13. The zero-order chi connectivity index (χ0) is 56.9. The van der Waals surface area contributed by atoms with Crippen LogP contribution in [0.5, 0.6) is 23.0 Å². The van der Waals surface area contributed by atoms with Crippen LogP contribution < -0.4 is 18.9 Å². The highest BCUT2D eigenvalue weighted by Crippen LogP contribution is 2.42. The molecule has 0 aliphatic carbocycles. The van der Waals surface area contributed by atoms with Crippen LogP contribution in [0.4, 0.5) is 0 Å². The van der Waals surface area contributed by atoms with Crippen LogP contribution in [0.15, 0.2) is 121 Å². The molecule has 0 aliphatic heterocycles. The summed E-state index contributed by atoms with van der Waals surface area (Å²) in [5.74, 6) is 2.19. The van der Waals surface area contributed by atoms with E-state index in [0.717, 1.165) is 105 Å². The summed E-state index contributed by atoms with van der Waals surface area (Å²) in [4.78, 5) is 34.9. The van der Waals surface area contributed by atoms with Crippen LogP contribution in [-0.2, 0) is 0 Å². The Kier molecular flexibility index (Phi) is 23.0. The maximum Gasteiger partial charge on any atom is 0.263 e. The summed E-state index contributed by atoms with van der Waals surface area (Å²) < 4.78 is 29.6. The van der Waals surface area contributed by atoms with Crippen LogP contribution in [-0.4, -0.2) is 47.4 Å². The molecule has 0 unspecified atom stereocenters. The SMILES string of the molecule is CCCCCCCCOc1cc(OCCCCCCCC)cc(C(=O)n2c3ccccc3c3cc4c(cc32)c2ccc(-c3ccc(-c5cccs5)s3)cc2n4C(=O)c2cc(OCCCCCCCC)cc(OCCCCCCCC)c2)c1. The monoisotopic (exact) mass is 1140 g/mol. The van der Waals surface area contributed by atoms with Crippen molar-refractivity contribution in [2.24, 2.45) is 0 Å². The summed E-state index contributed by atoms with van der Waals surface area (Å²) >= 11 is 3.49. The summed E-state index contributed by atoms with van der Waals surface area (Å²) in [6, 6.07) is 38.9. The highest BCUT2D eigenvalue weighted by atomic mass is 32.1. The Labute approximate surface area is 496 Å².